The van der Waals surface area contributed by atoms with Gasteiger partial charge in [0.2, 0.25) is 5.91 Å². The summed E-state index contributed by atoms with van der Waals surface area (Å²) < 4.78 is 0. The van der Waals surface area contributed by atoms with Crippen molar-refractivity contribution in [1.29, 1.82) is 0 Å². The van der Waals surface area contributed by atoms with E-state index in [2.05, 4.69) is 29.7 Å². The first-order chi connectivity index (χ1) is 9.72. The van der Waals surface area contributed by atoms with E-state index in [9.17, 15) is 4.79 Å². The zero-order valence-electron chi connectivity index (χ0n) is 12.2. The molecule has 3 heteroatoms. The molecule has 0 bridgehead atoms. The van der Waals surface area contributed by atoms with Crippen LogP contribution in [0.25, 0.3) is 0 Å². The van der Waals surface area contributed by atoms with Crippen LogP contribution in [0.15, 0.2) is 24.3 Å². The predicted molar refractivity (Wildman–Crippen MR) is 81.7 cm³/mol. The summed E-state index contributed by atoms with van der Waals surface area (Å²) in [5.74, 6) is 1.05. The predicted octanol–water partition coefficient (Wildman–Crippen LogP) is 2.97. The fourth-order valence-electron chi connectivity index (χ4n) is 3.51. The Balaban J connectivity index is 1.59. The topological polar surface area (TPSA) is 41.1 Å². The molecule has 2 N–H and O–H groups in total. The van der Waals surface area contributed by atoms with Crippen molar-refractivity contribution >= 4 is 11.6 Å². The van der Waals surface area contributed by atoms with Crippen molar-refractivity contribution in [3.8, 4) is 0 Å². The Bertz CT molecular complexity index is 486. The summed E-state index contributed by atoms with van der Waals surface area (Å²) in [7, 11) is 0. The second-order valence-electron chi connectivity index (χ2n) is 6.42. The lowest BCUT2D eigenvalue weighted by Gasteiger charge is -2.31. The van der Waals surface area contributed by atoms with Gasteiger partial charge >= 0.3 is 0 Å². The Morgan fingerprint density at radius 1 is 1.30 bits per heavy atom. The highest BCUT2D eigenvalue weighted by Crippen LogP contribution is 2.26. The van der Waals surface area contributed by atoms with E-state index in [1.54, 1.807) is 0 Å². The largest absolute Gasteiger partial charge is 0.384 e. The van der Waals surface area contributed by atoms with Gasteiger partial charge in [-0.3, -0.25) is 4.79 Å². The third-order valence-corrected chi connectivity index (χ3v) is 4.68. The molecule has 0 spiro atoms. The first-order valence-electron chi connectivity index (χ1n) is 7.84. The molecule has 0 radical (unpaired) electrons. The normalized spacial score (nSPS) is 29.1. The standard InChI is InChI=1S/C17H24N2O/c1-12-5-4-7-15(9-12)19-17(20)14-10-13-6-2-3-8-16(13)18-11-14/h2-3,6,8,12,14-15,18H,4-5,7,9-11H2,1H3,(H,19,20). The molecule has 3 atom stereocenters. The number of benzene rings is 1. The number of anilines is 1. The Morgan fingerprint density at radius 3 is 3.00 bits per heavy atom. The second-order valence-corrected chi connectivity index (χ2v) is 6.42. The lowest BCUT2D eigenvalue weighted by Crippen LogP contribution is -2.44. The SMILES string of the molecule is CC1CCCC(NC(=O)C2CNc3ccccc3C2)C1. The van der Waals surface area contributed by atoms with Crippen LogP contribution in [0.2, 0.25) is 0 Å². The number of carbonyl (C=O) groups excluding carboxylic acids is 1. The van der Waals surface area contributed by atoms with Crippen LogP contribution >= 0.6 is 0 Å². The van der Waals surface area contributed by atoms with Crippen LogP contribution in [0, 0.1) is 11.8 Å². The van der Waals surface area contributed by atoms with E-state index < -0.39 is 0 Å². The third-order valence-electron chi connectivity index (χ3n) is 4.68. The van der Waals surface area contributed by atoms with Crippen molar-refractivity contribution < 1.29 is 4.79 Å². The van der Waals surface area contributed by atoms with Crippen molar-refractivity contribution in [2.24, 2.45) is 11.8 Å². The summed E-state index contributed by atoms with van der Waals surface area (Å²) >= 11 is 0. The summed E-state index contributed by atoms with van der Waals surface area (Å²) in [5, 5.41) is 6.65. The van der Waals surface area contributed by atoms with Gasteiger partial charge in [-0.25, -0.2) is 0 Å². The number of para-hydroxylation sites is 1. The van der Waals surface area contributed by atoms with Crippen molar-refractivity contribution in [2.75, 3.05) is 11.9 Å². The molecular formula is C17H24N2O. The summed E-state index contributed by atoms with van der Waals surface area (Å²) in [4.78, 5) is 12.4. The van der Waals surface area contributed by atoms with Gasteiger partial charge in [0.05, 0.1) is 5.92 Å². The van der Waals surface area contributed by atoms with Crippen LogP contribution in [0.1, 0.15) is 38.2 Å². The van der Waals surface area contributed by atoms with E-state index in [0.717, 1.165) is 31.7 Å². The maximum atomic E-state index is 12.4. The zero-order chi connectivity index (χ0) is 13.9. The molecule has 1 saturated carbocycles. The van der Waals surface area contributed by atoms with Crippen LogP contribution in [0.3, 0.4) is 0 Å². The van der Waals surface area contributed by atoms with Gasteiger partial charge in [0.1, 0.15) is 0 Å². The highest BCUT2D eigenvalue weighted by atomic mass is 16.2. The Labute approximate surface area is 121 Å². The fourth-order valence-corrected chi connectivity index (χ4v) is 3.51. The van der Waals surface area contributed by atoms with Gasteiger partial charge in [0, 0.05) is 18.3 Å². The average molecular weight is 272 g/mol. The molecule has 3 unspecified atom stereocenters. The molecule has 1 aliphatic carbocycles. The summed E-state index contributed by atoms with van der Waals surface area (Å²) in [6.07, 6.45) is 5.70. The molecule has 3 nitrogen and oxygen atoms in total. The Kier molecular flexibility index (Phi) is 3.95. The molecule has 0 saturated heterocycles. The summed E-state index contributed by atoms with van der Waals surface area (Å²) in [5.41, 5.74) is 2.44. The number of hydrogen-bond donors (Lipinski definition) is 2. The van der Waals surface area contributed by atoms with E-state index >= 15 is 0 Å². The molecule has 108 valence electrons. The highest BCUT2D eigenvalue weighted by Gasteiger charge is 2.27. The summed E-state index contributed by atoms with van der Waals surface area (Å²) in [6, 6.07) is 8.68. The van der Waals surface area contributed by atoms with Crippen LogP contribution in [0.5, 0.6) is 0 Å². The minimum atomic E-state index is 0.0714. The van der Waals surface area contributed by atoms with E-state index in [-0.39, 0.29) is 11.8 Å². The van der Waals surface area contributed by atoms with Crippen molar-refractivity contribution in [2.45, 2.75) is 45.1 Å². The molecule has 1 aromatic carbocycles. The minimum Gasteiger partial charge on any atom is -0.384 e. The van der Waals surface area contributed by atoms with Gasteiger partial charge in [0.15, 0.2) is 0 Å². The molecule has 1 heterocycles. The molecule has 1 amide bonds. The molecule has 1 aromatic rings. The maximum absolute atomic E-state index is 12.4. The fraction of sp³-hybridized carbons (Fsp3) is 0.588. The third kappa shape index (κ3) is 2.97. The number of nitrogens with one attached hydrogen (secondary N) is 2. The highest BCUT2D eigenvalue weighted by molar-refractivity contribution is 5.81. The van der Waals surface area contributed by atoms with Gasteiger partial charge in [0.25, 0.3) is 0 Å². The van der Waals surface area contributed by atoms with Crippen molar-refractivity contribution in [1.82, 2.24) is 5.32 Å². The zero-order valence-corrected chi connectivity index (χ0v) is 12.2. The van der Waals surface area contributed by atoms with Gasteiger partial charge < -0.3 is 10.6 Å². The first kappa shape index (κ1) is 13.5. The van der Waals surface area contributed by atoms with Gasteiger partial charge in [-0.1, -0.05) is 38.0 Å². The van der Waals surface area contributed by atoms with Gasteiger partial charge in [-0.2, -0.15) is 0 Å². The monoisotopic (exact) mass is 272 g/mol. The number of fused-ring (bicyclic) bond motifs is 1. The molecule has 1 fully saturated rings. The molecular weight excluding hydrogens is 248 g/mol. The lowest BCUT2D eigenvalue weighted by molar-refractivity contribution is -0.125. The lowest BCUT2D eigenvalue weighted by atomic mass is 9.86. The Morgan fingerprint density at radius 2 is 2.15 bits per heavy atom. The van der Waals surface area contributed by atoms with E-state index in [1.807, 2.05) is 12.1 Å². The minimum absolute atomic E-state index is 0.0714. The first-order valence-corrected chi connectivity index (χ1v) is 7.84. The van der Waals surface area contributed by atoms with E-state index in [1.165, 1.54) is 24.1 Å². The van der Waals surface area contributed by atoms with E-state index in [4.69, 9.17) is 0 Å². The molecule has 2 aliphatic rings. The molecule has 3 rings (SSSR count). The summed E-state index contributed by atoms with van der Waals surface area (Å²) in [6.45, 7) is 3.04. The number of carbonyl (C=O) groups is 1. The molecule has 20 heavy (non-hydrogen) atoms. The number of hydrogen-bond acceptors (Lipinski definition) is 2. The smallest absolute Gasteiger partial charge is 0.225 e. The maximum Gasteiger partial charge on any atom is 0.225 e. The van der Waals surface area contributed by atoms with Crippen molar-refractivity contribution in [3.63, 3.8) is 0 Å². The van der Waals surface area contributed by atoms with E-state index in [0.29, 0.717) is 6.04 Å². The molecule has 1 aliphatic heterocycles. The Hall–Kier alpha value is -1.51. The van der Waals surface area contributed by atoms with Gasteiger partial charge in [-0.15, -0.1) is 0 Å². The average Bonchev–Trinajstić information content (AvgIpc) is 2.47. The number of rotatable bonds is 2. The second kappa shape index (κ2) is 5.86. The van der Waals surface area contributed by atoms with Gasteiger partial charge in [-0.05, 0) is 36.8 Å². The van der Waals surface area contributed by atoms with Crippen LogP contribution in [0.4, 0.5) is 5.69 Å². The van der Waals surface area contributed by atoms with Crippen molar-refractivity contribution in [3.05, 3.63) is 29.8 Å². The molecule has 0 aromatic heterocycles. The number of amides is 1. The van der Waals surface area contributed by atoms with Crippen LogP contribution in [-0.2, 0) is 11.2 Å². The quantitative estimate of drug-likeness (QED) is 0.869. The van der Waals surface area contributed by atoms with Crippen LogP contribution < -0.4 is 10.6 Å². The van der Waals surface area contributed by atoms with Crippen LogP contribution in [-0.4, -0.2) is 18.5 Å².